The second kappa shape index (κ2) is 8.92. The van der Waals surface area contributed by atoms with Gasteiger partial charge in [0.25, 0.3) is 0 Å². The van der Waals surface area contributed by atoms with Crippen LogP contribution in [0.3, 0.4) is 0 Å². The average Bonchev–Trinajstić information content (AvgIpc) is 2.44. The molecule has 1 aromatic carbocycles. The van der Waals surface area contributed by atoms with Crippen molar-refractivity contribution in [1.82, 2.24) is 0 Å². The quantitative estimate of drug-likeness (QED) is 0.593. The van der Waals surface area contributed by atoms with Gasteiger partial charge in [0.1, 0.15) is 5.78 Å². The summed E-state index contributed by atoms with van der Waals surface area (Å²) in [6.07, 6.45) is 2.87. The lowest BCUT2D eigenvalue weighted by Gasteiger charge is -2.13. The molecule has 22 heavy (non-hydrogen) atoms. The molecule has 0 unspecified atom stereocenters. The SMILES string of the molecule is Cc1cc(CCCCC(=O)C(C)C)c(F)c(OCC(C)C)c1. The number of hydrogen-bond donors (Lipinski definition) is 0. The van der Waals surface area contributed by atoms with Crippen molar-refractivity contribution in [2.45, 2.75) is 60.3 Å². The van der Waals surface area contributed by atoms with Crippen LogP contribution in [0, 0.1) is 24.6 Å². The van der Waals surface area contributed by atoms with Gasteiger partial charge in [-0.15, -0.1) is 0 Å². The largest absolute Gasteiger partial charge is 0.490 e. The number of halogens is 1. The van der Waals surface area contributed by atoms with Crippen LogP contribution in [-0.2, 0) is 11.2 Å². The Hall–Kier alpha value is -1.38. The lowest BCUT2D eigenvalue weighted by Crippen LogP contribution is -2.08. The molecule has 0 heterocycles. The van der Waals surface area contributed by atoms with E-state index < -0.39 is 0 Å². The number of rotatable bonds is 9. The van der Waals surface area contributed by atoms with E-state index in [0.29, 0.717) is 36.7 Å². The van der Waals surface area contributed by atoms with Gasteiger partial charge in [-0.1, -0.05) is 33.8 Å². The van der Waals surface area contributed by atoms with Gasteiger partial charge in [-0.3, -0.25) is 4.79 Å². The molecule has 124 valence electrons. The van der Waals surface area contributed by atoms with Gasteiger partial charge in [-0.05, 0) is 49.3 Å². The van der Waals surface area contributed by atoms with E-state index in [1.54, 1.807) is 6.07 Å². The van der Waals surface area contributed by atoms with Crippen LogP contribution in [0.2, 0.25) is 0 Å². The highest BCUT2D eigenvalue weighted by molar-refractivity contribution is 5.80. The number of hydrogen-bond acceptors (Lipinski definition) is 2. The minimum absolute atomic E-state index is 0.0896. The summed E-state index contributed by atoms with van der Waals surface area (Å²) >= 11 is 0. The molecule has 0 aliphatic heterocycles. The Kier molecular flexibility index (Phi) is 7.57. The maximum Gasteiger partial charge on any atom is 0.168 e. The van der Waals surface area contributed by atoms with E-state index in [0.717, 1.165) is 18.4 Å². The van der Waals surface area contributed by atoms with Gasteiger partial charge < -0.3 is 4.74 Å². The van der Waals surface area contributed by atoms with Gasteiger partial charge in [0.2, 0.25) is 0 Å². The molecule has 1 rings (SSSR count). The smallest absolute Gasteiger partial charge is 0.168 e. The molecule has 3 heteroatoms. The summed E-state index contributed by atoms with van der Waals surface area (Å²) in [5.41, 5.74) is 1.70. The third-order valence-electron chi connectivity index (χ3n) is 3.59. The Morgan fingerprint density at radius 2 is 1.86 bits per heavy atom. The van der Waals surface area contributed by atoms with Crippen molar-refractivity contribution in [3.8, 4) is 5.75 Å². The summed E-state index contributed by atoms with van der Waals surface area (Å²) in [4.78, 5) is 11.6. The molecule has 0 aromatic heterocycles. The molecule has 0 N–H and O–H groups in total. The molecule has 0 fully saturated rings. The average molecular weight is 308 g/mol. The monoisotopic (exact) mass is 308 g/mol. The fraction of sp³-hybridized carbons (Fsp3) is 0.632. The normalized spacial score (nSPS) is 11.3. The summed E-state index contributed by atoms with van der Waals surface area (Å²) < 4.78 is 20.0. The van der Waals surface area contributed by atoms with E-state index >= 15 is 0 Å². The Morgan fingerprint density at radius 3 is 2.45 bits per heavy atom. The van der Waals surface area contributed by atoms with Crippen LogP contribution in [0.25, 0.3) is 0 Å². The molecule has 0 saturated heterocycles. The molecule has 0 aliphatic rings. The Bertz CT molecular complexity index is 492. The second-order valence-electron chi connectivity index (χ2n) is 6.77. The molecule has 0 aliphatic carbocycles. The number of Topliss-reactive ketones (excluding diaryl/α,β-unsaturated/α-hetero) is 1. The van der Waals surface area contributed by atoms with Gasteiger partial charge in [0, 0.05) is 12.3 Å². The maximum absolute atomic E-state index is 14.4. The summed E-state index contributed by atoms with van der Waals surface area (Å²) in [7, 11) is 0. The first-order valence-corrected chi connectivity index (χ1v) is 8.25. The molecule has 0 bridgehead atoms. The molecule has 2 nitrogen and oxygen atoms in total. The predicted molar refractivity (Wildman–Crippen MR) is 88.9 cm³/mol. The zero-order valence-electron chi connectivity index (χ0n) is 14.5. The second-order valence-corrected chi connectivity index (χ2v) is 6.77. The predicted octanol–water partition coefficient (Wildman–Crippen LogP) is 5.11. The van der Waals surface area contributed by atoms with Gasteiger partial charge >= 0.3 is 0 Å². The van der Waals surface area contributed by atoms with Crippen molar-refractivity contribution < 1.29 is 13.9 Å². The highest BCUT2D eigenvalue weighted by Crippen LogP contribution is 2.25. The van der Waals surface area contributed by atoms with E-state index in [9.17, 15) is 9.18 Å². The zero-order chi connectivity index (χ0) is 16.7. The van der Waals surface area contributed by atoms with Gasteiger partial charge in [0.05, 0.1) is 6.61 Å². The number of benzene rings is 1. The van der Waals surface area contributed by atoms with Crippen LogP contribution in [-0.4, -0.2) is 12.4 Å². The van der Waals surface area contributed by atoms with Crippen molar-refractivity contribution in [3.05, 3.63) is 29.1 Å². The molecule has 0 radical (unpaired) electrons. The van der Waals surface area contributed by atoms with Crippen molar-refractivity contribution in [1.29, 1.82) is 0 Å². The van der Waals surface area contributed by atoms with Crippen LogP contribution in [0.4, 0.5) is 4.39 Å². The number of carbonyl (C=O) groups is 1. The number of ketones is 1. The maximum atomic E-state index is 14.4. The van der Waals surface area contributed by atoms with Crippen molar-refractivity contribution in [2.24, 2.45) is 11.8 Å². The van der Waals surface area contributed by atoms with Gasteiger partial charge in [-0.25, -0.2) is 4.39 Å². The molecule has 1 aromatic rings. The minimum Gasteiger partial charge on any atom is -0.490 e. The molecule has 0 atom stereocenters. The van der Waals surface area contributed by atoms with Crippen LogP contribution >= 0.6 is 0 Å². The summed E-state index contributed by atoms with van der Waals surface area (Å²) in [6, 6.07) is 3.63. The van der Waals surface area contributed by atoms with Crippen LogP contribution in [0.5, 0.6) is 5.75 Å². The zero-order valence-corrected chi connectivity index (χ0v) is 14.5. The van der Waals surface area contributed by atoms with Crippen LogP contribution in [0.1, 0.15) is 58.1 Å². The molecular weight excluding hydrogens is 279 g/mol. The van der Waals surface area contributed by atoms with E-state index in [-0.39, 0.29) is 17.5 Å². The van der Waals surface area contributed by atoms with E-state index in [1.165, 1.54) is 0 Å². The third kappa shape index (κ3) is 6.17. The lowest BCUT2D eigenvalue weighted by atomic mass is 10.00. The topological polar surface area (TPSA) is 26.3 Å². The van der Waals surface area contributed by atoms with Crippen molar-refractivity contribution >= 4 is 5.78 Å². The van der Waals surface area contributed by atoms with Gasteiger partial charge in [0.15, 0.2) is 11.6 Å². The summed E-state index contributed by atoms with van der Waals surface area (Å²) in [5.74, 6) is 0.839. The third-order valence-corrected chi connectivity index (χ3v) is 3.59. The molecule has 0 saturated carbocycles. The first kappa shape index (κ1) is 18.7. The van der Waals surface area contributed by atoms with E-state index in [4.69, 9.17) is 4.74 Å². The molecule has 0 amide bonds. The van der Waals surface area contributed by atoms with Crippen molar-refractivity contribution in [3.63, 3.8) is 0 Å². The minimum atomic E-state index is -0.249. The Labute approximate surface area is 134 Å². The fourth-order valence-corrected chi connectivity index (χ4v) is 2.25. The lowest BCUT2D eigenvalue weighted by molar-refractivity contribution is -0.122. The first-order valence-electron chi connectivity index (χ1n) is 8.25. The van der Waals surface area contributed by atoms with Gasteiger partial charge in [-0.2, -0.15) is 0 Å². The molecular formula is C19H29FO2. The van der Waals surface area contributed by atoms with Crippen LogP contribution < -0.4 is 4.74 Å². The van der Waals surface area contributed by atoms with Crippen molar-refractivity contribution in [2.75, 3.05) is 6.61 Å². The Morgan fingerprint density at radius 1 is 1.18 bits per heavy atom. The Balaban J connectivity index is 2.61. The number of carbonyl (C=O) groups excluding carboxylic acids is 1. The highest BCUT2D eigenvalue weighted by atomic mass is 19.1. The number of ether oxygens (including phenoxy) is 1. The number of unbranched alkanes of at least 4 members (excludes halogenated alkanes) is 1. The van der Waals surface area contributed by atoms with Crippen LogP contribution in [0.15, 0.2) is 12.1 Å². The summed E-state index contributed by atoms with van der Waals surface area (Å²) in [6.45, 7) is 10.4. The first-order chi connectivity index (χ1) is 10.3. The fourth-order valence-electron chi connectivity index (χ4n) is 2.25. The molecule has 0 spiro atoms. The summed E-state index contributed by atoms with van der Waals surface area (Å²) in [5, 5.41) is 0. The highest BCUT2D eigenvalue weighted by Gasteiger charge is 2.12. The standard InChI is InChI=1S/C19H29FO2/c1-13(2)12-22-18-11-15(5)10-16(19(18)20)8-6-7-9-17(21)14(3)4/h10-11,13-14H,6-9,12H2,1-5H3. The number of aryl methyl sites for hydroxylation is 2. The van der Waals surface area contributed by atoms with E-state index in [1.807, 2.05) is 40.7 Å². The van der Waals surface area contributed by atoms with E-state index in [2.05, 4.69) is 0 Å².